The van der Waals surface area contributed by atoms with Crippen LogP contribution in [0, 0.1) is 6.42 Å². The molecule has 1 radical (unpaired) electrons. The van der Waals surface area contributed by atoms with Gasteiger partial charge in [0.1, 0.15) is 0 Å². The minimum absolute atomic E-state index is 0. The average molecular weight is 188 g/mol. The van der Waals surface area contributed by atoms with E-state index >= 15 is 0 Å². The van der Waals surface area contributed by atoms with E-state index in [-0.39, 0.29) is 38.5 Å². The molecule has 2 heteroatoms. The van der Waals surface area contributed by atoms with Gasteiger partial charge in [-0.2, -0.15) is 6.42 Å². The van der Waals surface area contributed by atoms with Crippen molar-refractivity contribution in [1.29, 1.82) is 0 Å². The van der Waals surface area contributed by atoms with E-state index in [1.165, 1.54) is 0 Å². The van der Waals surface area contributed by atoms with Crippen molar-refractivity contribution < 1.29 is 37.5 Å². The molecule has 0 saturated heterocycles. The van der Waals surface area contributed by atoms with Gasteiger partial charge in [-0.05, 0) is 12.2 Å². The number of carbonyl (C=O) groups is 1. The fourth-order valence-corrected chi connectivity index (χ4v) is 0.372. The van der Waals surface area contributed by atoms with E-state index in [2.05, 4.69) is 0 Å². The Morgan fingerprint density at radius 2 is 2.00 bits per heavy atom. The van der Waals surface area contributed by atoms with Gasteiger partial charge in [-0.25, -0.2) is 0 Å². The largest absolute Gasteiger partial charge is 0.334 e. The van der Waals surface area contributed by atoms with Gasteiger partial charge in [0.15, 0.2) is 0 Å². The first kappa shape index (κ1) is 11.4. The van der Waals surface area contributed by atoms with Crippen LogP contribution in [0.5, 0.6) is 0 Å². The second-order valence-electron chi connectivity index (χ2n) is 1.43. The fourth-order valence-electron chi connectivity index (χ4n) is 0.372. The number of hydrogen-bond acceptors (Lipinski definition) is 1. The van der Waals surface area contributed by atoms with Crippen LogP contribution in [-0.2, 0) is 37.5 Å². The van der Waals surface area contributed by atoms with Gasteiger partial charge in [0.25, 0.3) is 0 Å². The number of ketones is 1. The Morgan fingerprint density at radius 1 is 1.50 bits per heavy atom. The summed E-state index contributed by atoms with van der Waals surface area (Å²) in [5.74, 6) is 0.252. The molecule has 45 valence electrons. The SMILES string of the molecule is CC[CH-]C(=O)CC.[Y]. The minimum Gasteiger partial charge on any atom is -0.334 e. The average Bonchev–Trinajstić information content (AvgIpc) is 1.68. The molecule has 0 heterocycles. The number of Topliss-reactive ketones (excluding diaryl/α,β-unsaturated/α-hetero) is 1. The van der Waals surface area contributed by atoms with Crippen molar-refractivity contribution in [2.24, 2.45) is 0 Å². The van der Waals surface area contributed by atoms with Gasteiger partial charge in [-0.3, -0.25) is 0 Å². The van der Waals surface area contributed by atoms with Gasteiger partial charge in [-0.1, -0.05) is 13.8 Å². The molecule has 0 aromatic rings. The predicted octanol–water partition coefficient (Wildman–Crippen LogP) is 1.58. The van der Waals surface area contributed by atoms with Crippen molar-refractivity contribution in [2.45, 2.75) is 26.7 Å². The van der Waals surface area contributed by atoms with E-state index in [0.717, 1.165) is 6.42 Å². The monoisotopic (exact) mass is 188 g/mol. The third kappa shape index (κ3) is 6.64. The summed E-state index contributed by atoms with van der Waals surface area (Å²) in [7, 11) is 0. The summed E-state index contributed by atoms with van der Waals surface area (Å²) in [6.07, 6.45) is 3.22. The Bertz CT molecular complexity index is 61.5. The summed E-state index contributed by atoms with van der Waals surface area (Å²) in [5.41, 5.74) is 0. The van der Waals surface area contributed by atoms with Crippen LogP contribution in [0.25, 0.3) is 0 Å². The Kier molecular flexibility index (Phi) is 10.9. The summed E-state index contributed by atoms with van der Waals surface area (Å²) in [5, 5.41) is 0. The Balaban J connectivity index is 0. The Labute approximate surface area is 76.1 Å². The van der Waals surface area contributed by atoms with Crippen LogP contribution in [0.3, 0.4) is 0 Å². The second-order valence-corrected chi connectivity index (χ2v) is 1.43. The zero-order chi connectivity index (χ0) is 5.70. The maximum Gasteiger partial charge on any atom is 0 e. The van der Waals surface area contributed by atoms with E-state index in [0.29, 0.717) is 6.42 Å². The van der Waals surface area contributed by atoms with Crippen molar-refractivity contribution in [2.75, 3.05) is 0 Å². The zero-order valence-corrected chi connectivity index (χ0v) is 8.32. The molecule has 0 aromatic heterocycles. The van der Waals surface area contributed by atoms with Crippen molar-refractivity contribution in [3.05, 3.63) is 6.42 Å². The first-order chi connectivity index (χ1) is 3.31. The molecule has 0 spiro atoms. The van der Waals surface area contributed by atoms with Gasteiger partial charge >= 0.3 is 0 Å². The molecule has 0 rings (SSSR count). The Hall–Kier alpha value is 0.644. The van der Waals surface area contributed by atoms with E-state index in [4.69, 9.17) is 0 Å². The van der Waals surface area contributed by atoms with Crippen molar-refractivity contribution >= 4 is 5.78 Å². The number of carbonyl (C=O) groups excluding carboxylic acids is 1. The molecule has 0 atom stereocenters. The van der Waals surface area contributed by atoms with Crippen LogP contribution in [0.4, 0.5) is 0 Å². The molecule has 0 amide bonds. The van der Waals surface area contributed by atoms with Crippen LogP contribution < -0.4 is 0 Å². The standard InChI is InChI=1S/C6H11O.Y/c1-3-5-6(7)4-2;/h5H,3-4H2,1-2H3;/q-1;. The van der Waals surface area contributed by atoms with E-state index < -0.39 is 0 Å². The van der Waals surface area contributed by atoms with E-state index in [9.17, 15) is 4.79 Å². The molecule has 0 aromatic carbocycles. The molecular weight excluding hydrogens is 177 g/mol. The van der Waals surface area contributed by atoms with Crippen molar-refractivity contribution in [3.8, 4) is 0 Å². The first-order valence-electron chi connectivity index (χ1n) is 2.67. The zero-order valence-electron chi connectivity index (χ0n) is 5.48. The van der Waals surface area contributed by atoms with E-state index in [1.807, 2.05) is 13.8 Å². The molecule has 0 unspecified atom stereocenters. The smallest absolute Gasteiger partial charge is 0 e. The number of rotatable bonds is 3. The van der Waals surface area contributed by atoms with Crippen molar-refractivity contribution in [3.63, 3.8) is 0 Å². The molecule has 0 bridgehead atoms. The third-order valence-electron chi connectivity index (χ3n) is 0.780. The maximum atomic E-state index is 10.4. The van der Waals surface area contributed by atoms with E-state index in [1.54, 1.807) is 6.42 Å². The molecule has 0 saturated carbocycles. The topological polar surface area (TPSA) is 17.1 Å². The molecule has 0 aliphatic heterocycles. The molecule has 0 aliphatic rings. The molecule has 0 aliphatic carbocycles. The van der Waals surface area contributed by atoms with Gasteiger partial charge in [-0.15, -0.1) is 0 Å². The van der Waals surface area contributed by atoms with Gasteiger partial charge < -0.3 is 11.2 Å². The molecule has 0 N–H and O–H groups in total. The quantitative estimate of drug-likeness (QED) is 0.614. The third-order valence-corrected chi connectivity index (χ3v) is 0.780. The second kappa shape index (κ2) is 7.64. The van der Waals surface area contributed by atoms with Crippen LogP contribution in [0.15, 0.2) is 0 Å². The maximum absolute atomic E-state index is 10.4. The Morgan fingerprint density at radius 3 is 2.12 bits per heavy atom. The van der Waals surface area contributed by atoms with Gasteiger partial charge in [0.2, 0.25) is 0 Å². The summed E-state index contributed by atoms with van der Waals surface area (Å²) in [6, 6.07) is 0. The first-order valence-corrected chi connectivity index (χ1v) is 2.67. The summed E-state index contributed by atoms with van der Waals surface area (Å²) < 4.78 is 0. The van der Waals surface area contributed by atoms with Gasteiger partial charge in [0.05, 0.1) is 0 Å². The van der Waals surface area contributed by atoms with Gasteiger partial charge in [0, 0.05) is 32.7 Å². The summed E-state index contributed by atoms with van der Waals surface area (Å²) >= 11 is 0. The predicted molar refractivity (Wildman–Crippen MR) is 29.9 cm³/mol. The minimum atomic E-state index is 0. The fraction of sp³-hybridized carbons (Fsp3) is 0.667. The van der Waals surface area contributed by atoms with Crippen LogP contribution in [0.1, 0.15) is 26.7 Å². The number of hydrogen-bond donors (Lipinski definition) is 0. The molecule has 1 nitrogen and oxygen atoms in total. The molecule has 8 heavy (non-hydrogen) atoms. The van der Waals surface area contributed by atoms with Crippen LogP contribution in [-0.4, -0.2) is 5.78 Å². The molecule has 0 fully saturated rings. The summed E-state index contributed by atoms with van der Waals surface area (Å²) in [4.78, 5) is 10.4. The normalized spacial score (nSPS) is 7.25. The molecular formula is C6H11OY-. The summed E-state index contributed by atoms with van der Waals surface area (Å²) in [6.45, 7) is 3.84. The van der Waals surface area contributed by atoms with Crippen molar-refractivity contribution in [1.82, 2.24) is 0 Å². The van der Waals surface area contributed by atoms with Crippen LogP contribution >= 0.6 is 0 Å². The van der Waals surface area contributed by atoms with Crippen LogP contribution in [0.2, 0.25) is 0 Å².